The smallest absolute Gasteiger partial charge is 0.306 e. The molecule has 0 heterocycles. The Morgan fingerprint density at radius 1 is 0.253 bits per heavy atom. The molecule has 0 fully saturated rings. The summed E-state index contributed by atoms with van der Waals surface area (Å²) in [5.41, 5.74) is 0. The van der Waals surface area contributed by atoms with Gasteiger partial charge in [-0.05, 0) is 128 Å². The average molecular weight is 1150 g/mol. The molecule has 1 atom stereocenters. The Hall–Kier alpha value is -4.97. The maximum absolute atomic E-state index is 12.8. The van der Waals surface area contributed by atoms with Gasteiger partial charge >= 0.3 is 17.9 Å². The highest BCUT2D eigenvalue weighted by atomic mass is 16.6. The molecule has 83 heavy (non-hydrogen) atoms. The standard InChI is InChI=1S/C77H124O6/c1-4-7-10-13-15-17-19-21-23-25-27-29-31-33-35-36-37-38-39-40-42-43-45-47-49-51-53-55-57-59-61-64-67-70-76(79)82-73-74(72-81-75(78)69-66-63-12-9-6-3)83-77(80)71-68-65-62-60-58-56-54-52-50-48-46-44-41-34-32-30-28-26-24-22-20-18-16-14-11-8-5-2/h7-8,10-11,15-18,21-24,27-30,33-35,41,46,48,52,54,58,60,74H,4-6,9,12-14,19-20,25-26,31-32,36-40,42-45,47,49-51,53,55-57,59,61-73H2,1-3H3/b10-7-,11-8-,17-15-,18-16-,23-21-,24-22-,29-27-,30-28-,35-33-,41-34-,48-46-,54-52-,60-58-. The van der Waals surface area contributed by atoms with Crippen LogP contribution in [-0.2, 0) is 28.6 Å². The van der Waals surface area contributed by atoms with Gasteiger partial charge in [0, 0.05) is 19.3 Å². The molecule has 0 saturated heterocycles. The Labute approximate surface area is 511 Å². The van der Waals surface area contributed by atoms with Crippen LogP contribution in [0.4, 0.5) is 0 Å². The number of unbranched alkanes of at least 4 members (excludes halogenated alkanes) is 23. The number of rotatable bonds is 60. The highest BCUT2D eigenvalue weighted by molar-refractivity contribution is 5.71. The molecular weight excluding hydrogens is 1020 g/mol. The molecule has 0 aliphatic carbocycles. The molecule has 468 valence electrons. The molecule has 0 rings (SSSR count). The van der Waals surface area contributed by atoms with Crippen molar-refractivity contribution >= 4 is 17.9 Å². The van der Waals surface area contributed by atoms with Crippen molar-refractivity contribution in [3.05, 3.63) is 158 Å². The van der Waals surface area contributed by atoms with Crippen molar-refractivity contribution in [2.24, 2.45) is 0 Å². The zero-order chi connectivity index (χ0) is 59.9. The van der Waals surface area contributed by atoms with E-state index < -0.39 is 6.10 Å². The van der Waals surface area contributed by atoms with E-state index in [0.717, 1.165) is 148 Å². The maximum atomic E-state index is 12.8. The van der Waals surface area contributed by atoms with E-state index in [1.54, 1.807) is 0 Å². The Balaban J connectivity index is 4.08. The molecule has 0 amide bonds. The van der Waals surface area contributed by atoms with Crippen LogP contribution in [0.5, 0.6) is 0 Å². The largest absolute Gasteiger partial charge is 0.462 e. The zero-order valence-corrected chi connectivity index (χ0v) is 53.7. The molecular formula is C77H124O6. The number of hydrogen-bond donors (Lipinski definition) is 0. The fraction of sp³-hybridized carbons (Fsp3) is 0.623. The normalized spacial score (nSPS) is 13.1. The molecule has 6 heteroatoms. The first kappa shape index (κ1) is 78.0. The Bertz CT molecular complexity index is 1840. The van der Waals surface area contributed by atoms with Crippen molar-refractivity contribution < 1.29 is 28.6 Å². The molecule has 0 aromatic rings. The summed E-state index contributed by atoms with van der Waals surface area (Å²) in [5.74, 6) is -0.957. The van der Waals surface area contributed by atoms with Gasteiger partial charge in [-0.3, -0.25) is 14.4 Å². The first-order chi connectivity index (χ1) is 41.0. The van der Waals surface area contributed by atoms with Crippen molar-refractivity contribution in [1.82, 2.24) is 0 Å². The maximum Gasteiger partial charge on any atom is 0.306 e. The summed E-state index contributed by atoms with van der Waals surface area (Å²) < 4.78 is 16.7. The van der Waals surface area contributed by atoms with Gasteiger partial charge in [0.25, 0.3) is 0 Å². The molecule has 0 radical (unpaired) electrons. The number of hydrogen-bond acceptors (Lipinski definition) is 6. The number of carbonyl (C=O) groups excluding carboxylic acids is 3. The molecule has 0 N–H and O–H groups in total. The molecule has 0 aliphatic rings. The summed E-state index contributed by atoms with van der Waals surface area (Å²) >= 11 is 0. The van der Waals surface area contributed by atoms with E-state index in [1.807, 2.05) is 0 Å². The van der Waals surface area contributed by atoms with Crippen LogP contribution in [0.25, 0.3) is 0 Å². The molecule has 0 aromatic carbocycles. The molecule has 6 nitrogen and oxygen atoms in total. The lowest BCUT2D eigenvalue weighted by Crippen LogP contribution is -2.30. The lowest BCUT2D eigenvalue weighted by molar-refractivity contribution is -0.167. The summed E-state index contributed by atoms with van der Waals surface area (Å²) in [6.45, 7) is 6.30. The van der Waals surface area contributed by atoms with E-state index >= 15 is 0 Å². The average Bonchev–Trinajstić information content (AvgIpc) is 3.49. The second kappa shape index (κ2) is 69.5. The van der Waals surface area contributed by atoms with E-state index in [4.69, 9.17) is 14.2 Å². The lowest BCUT2D eigenvalue weighted by Gasteiger charge is -2.18. The first-order valence-corrected chi connectivity index (χ1v) is 34.0. The van der Waals surface area contributed by atoms with E-state index in [1.165, 1.54) is 96.3 Å². The molecule has 0 bridgehead atoms. The highest BCUT2D eigenvalue weighted by Gasteiger charge is 2.19. The third-order valence-corrected chi connectivity index (χ3v) is 14.0. The SMILES string of the molecule is CC/C=C\C/C=C\C/C=C\C/C=C\C/C=C\C/C=C\C/C=C\C/C=C\CCCCC(=O)OC(COC(=O)CCCCCCC)COC(=O)CCCCCCCCCCCCCCCCCCC/C=C\C/C=C\C/C=C\C/C=C\C/C=C\CC. The molecule has 0 aliphatic heterocycles. The minimum atomic E-state index is -0.804. The topological polar surface area (TPSA) is 78.9 Å². The molecule has 1 unspecified atom stereocenters. The zero-order valence-electron chi connectivity index (χ0n) is 53.7. The highest BCUT2D eigenvalue weighted by Crippen LogP contribution is 2.16. The van der Waals surface area contributed by atoms with Crippen molar-refractivity contribution in [3.63, 3.8) is 0 Å². The van der Waals surface area contributed by atoms with E-state index in [-0.39, 0.29) is 37.5 Å². The van der Waals surface area contributed by atoms with Gasteiger partial charge in [-0.25, -0.2) is 0 Å². The van der Waals surface area contributed by atoms with Crippen molar-refractivity contribution in [2.45, 2.75) is 297 Å². The first-order valence-electron chi connectivity index (χ1n) is 34.0. The van der Waals surface area contributed by atoms with Crippen molar-refractivity contribution in [3.8, 4) is 0 Å². The van der Waals surface area contributed by atoms with Crippen LogP contribution in [0.1, 0.15) is 290 Å². The minimum absolute atomic E-state index is 0.0990. The number of carbonyl (C=O) groups is 3. The second-order valence-electron chi connectivity index (χ2n) is 22.0. The third kappa shape index (κ3) is 67.7. The van der Waals surface area contributed by atoms with Gasteiger partial charge in [0.2, 0.25) is 0 Å². The minimum Gasteiger partial charge on any atom is -0.462 e. The second-order valence-corrected chi connectivity index (χ2v) is 22.0. The van der Waals surface area contributed by atoms with Crippen LogP contribution < -0.4 is 0 Å². The number of allylic oxidation sites excluding steroid dienone is 26. The third-order valence-electron chi connectivity index (χ3n) is 14.0. The summed E-state index contributed by atoms with van der Waals surface area (Å²) in [6, 6.07) is 0. The van der Waals surface area contributed by atoms with Gasteiger partial charge in [-0.15, -0.1) is 0 Å². The summed E-state index contributed by atoms with van der Waals surface area (Å²) in [6.07, 6.45) is 102. The van der Waals surface area contributed by atoms with Crippen molar-refractivity contribution in [1.29, 1.82) is 0 Å². The fourth-order valence-corrected chi connectivity index (χ4v) is 9.01. The van der Waals surface area contributed by atoms with E-state index in [9.17, 15) is 14.4 Å². The van der Waals surface area contributed by atoms with Gasteiger partial charge < -0.3 is 14.2 Å². The van der Waals surface area contributed by atoms with E-state index in [0.29, 0.717) is 19.3 Å². The summed E-state index contributed by atoms with van der Waals surface area (Å²) in [5, 5.41) is 0. The number of esters is 3. The van der Waals surface area contributed by atoms with Gasteiger partial charge in [-0.2, -0.15) is 0 Å². The molecule has 0 saturated carbocycles. The Morgan fingerprint density at radius 2 is 0.470 bits per heavy atom. The van der Waals surface area contributed by atoms with Crippen LogP contribution >= 0.6 is 0 Å². The predicted molar refractivity (Wildman–Crippen MR) is 362 cm³/mol. The number of ether oxygens (including phenoxy) is 3. The monoisotopic (exact) mass is 1140 g/mol. The molecule has 0 aromatic heterocycles. The van der Waals surface area contributed by atoms with Gasteiger partial charge in [0.15, 0.2) is 6.10 Å². The molecule has 0 spiro atoms. The predicted octanol–water partition coefficient (Wildman–Crippen LogP) is 23.7. The van der Waals surface area contributed by atoms with Gasteiger partial charge in [0.05, 0.1) is 0 Å². The Morgan fingerprint density at radius 3 is 0.759 bits per heavy atom. The van der Waals surface area contributed by atoms with Gasteiger partial charge in [0.1, 0.15) is 13.2 Å². The summed E-state index contributed by atoms with van der Waals surface area (Å²) in [4.78, 5) is 38.0. The van der Waals surface area contributed by atoms with Crippen LogP contribution in [0.2, 0.25) is 0 Å². The van der Waals surface area contributed by atoms with Crippen molar-refractivity contribution in [2.75, 3.05) is 13.2 Å². The quantitative estimate of drug-likeness (QED) is 0.0261. The van der Waals surface area contributed by atoms with E-state index in [2.05, 4.69) is 179 Å². The summed E-state index contributed by atoms with van der Waals surface area (Å²) in [7, 11) is 0. The van der Waals surface area contributed by atoms with Gasteiger partial charge in [-0.1, -0.05) is 301 Å². The van der Waals surface area contributed by atoms with Crippen LogP contribution in [0, 0.1) is 0 Å². The fourth-order valence-electron chi connectivity index (χ4n) is 9.01. The van der Waals surface area contributed by atoms with Crippen LogP contribution in [0.3, 0.4) is 0 Å². The van der Waals surface area contributed by atoms with Crippen LogP contribution in [-0.4, -0.2) is 37.2 Å². The lowest BCUT2D eigenvalue weighted by atomic mass is 10.0. The van der Waals surface area contributed by atoms with Crippen LogP contribution in [0.15, 0.2) is 158 Å². The Kier molecular flexibility index (Phi) is 65.4.